The van der Waals surface area contributed by atoms with E-state index in [0.29, 0.717) is 17.9 Å². The van der Waals surface area contributed by atoms with Crippen molar-refractivity contribution in [3.8, 4) is 11.4 Å². The third-order valence-corrected chi connectivity index (χ3v) is 4.36. The lowest BCUT2D eigenvalue weighted by molar-refractivity contribution is 0.340. The van der Waals surface area contributed by atoms with Gasteiger partial charge in [-0.05, 0) is 48.9 Å². The van der Waals surface area contributed by atoms with Gasteiger partial charge in [0.1, 0.15) is 5.75 Å². The van der Waals surface area contributed by atoms with Gasteiger partial charge in [0.15, 0.2) is 0 Å². The molecule has 0 atom stereocenters. The summed E-state index contributed by atoms with van der Waals surface area (Å²) in [5.41, 5.74) is 5.14. The summed E-state index contributed by atoms with van der Waals surface area (Å²) in [4.78, 5) is 16.7. The Labute approximate surface area is 168 Å². The molecule has 0 radical (unpaired) electrons. The highest BCUT2D eigenvalue weighted by atomic mass is 16.5. The summed E-state index contributed by atoms with van der Waals surface area (Å²) in [6.45, 7) is 2.54. The minimum Gasteiger partial charge on any atom is -0.494 e. The van der Waals surface area contributed by atoms with Crippen LogP contribution >= 0.6 is 0 Å². The highest BCUT2D eigenvalue weighted by Gasteiger charge is 2.11. The molecule has 0 spiro atoms. The van der Waals surface area contributed by atoms with Gasteiger partial charge in [-0.15, -0.1) is 0 Å². The first-order chi connectivity index (χ1) is 14.3. The van der Waals surface area contributed by atoms with Gasteiger partial charge in [-0.2, -0.15) is 10.1 Å². The first-order valence-corrected chi connectivity index (χ1v) is 9.35. The molecule has 0 saturated carbocycles. The number of benzene rings is 3. The van der Waals surface area contributed by atoms with Crippen molar-refractivity contribution in [2.45, 2.75) is 6.92 Å². The Morgan fingerprint density at radius 3 is 2.66 bits per heavy atom. The van der Waals surface area contributed by atoms with Gasteiger partial charge in [-0.1, -0.05) is 42.5 Å². The Kier molecular flexibility index (Phi) is 5.33. The predicted octanol–water partition coefficient (Wildman–Crippen LogP) is 4.23. The minimum absolute atomic E-state index is 0.302. The van der Waals surface area contributed by atoms with Crippen LogP contribution < -0.4 is 15.7 Å². The molecule has 4 aromatic rings. The number of hydrogen-bond donors (Lipinski definition) is 1. The summed E-state index contributed by atoms with van der Waals surface area (Å²) in [5, 5.41) is 4.85. The molecular weight excluding hydrogens is 364 g/mol. The van der Waals surface area contributed by atoms with Crippen LogP contribution in [0.3, 0.4) is 0 Å². The summed E-state index contributed by atoms with van der Waals surface area (Å²) >= 11 is 0. The maximum atomic E-state index is 12.5. The van der Waals surface area contributed by atoms with Gasteiger partial charge >= 0.3 is 0 Å². The van der Waals surface area contributed by atoms with E-state index >= 15 is 0 Å². The second kappa shape index (κ2) is 8.39. The number of ether oxygens (including phenoxy) is 1. The normalized spacial score (nSPS) is 11.1. The average molecular weight is 384 g/mol. The van der Waals surface area contributed by atoms with E-state index in [9.17, 15) is 4.79 Å². The molecule has 6 heteroatoms. The van der Waals surface area contributed by atoms with Crippen LogP contribution in [0.1, 0.15) is 12.5 Å². The number of fused-ring (bicyclic) bond motifs is 1. The molecule has 1 aromatic heterocycles. The molecule has 0 amide bonds. The zero-order chi connectivity index (χ0) is 20.1. The van der Waals surface area contributed by atoms with Crippen molar-refractivity contribution in [3.05, 3.63) is 94.8 Å². The second-order valence-corrected chi connectivity index (χ2v) is 6.30. The van der Waals surface area contributed by atoms with E-state index in [-0.39, 0.29) is 5.56 Å². The average Bonchev–Trinajstić information content (AvgIpc) is 2.75. The van der Waals surface area contributed by atoms with E-state index in [1.807, 2.05) is 84.3 Å². The summed E-state index contributed by atoms with van der Waals surface area (Å²) in [6.07, 6.45) is 1.67. The molecule has 0 aliphatic heterocycles. The van der Waals surface area contributed by atoms with Crippen molar-refractivity contribution in [1.82, 2.24) is 9.55 Å². The molecule has 6 nitrogen and oxygen atoms in total. The Morgan fingerprint density at radius 1 is 1.03 bits per heavy atom. The van der Waals surface area contributed by atoms with Crippen molar-refractivity contribution in [1.29, 1.82) is 0 Å². The van der Waals surface area contributed by atoms with E-state index < -0.39 is 0 Å². The molecule has 29 heavy (non-hydrogen) atoms. The Bertz CT molecular complexity index is 1220. The maximum Gasteiger partial charge on any atom is 0.282 e. The van der Waals surface area contributed by atoms with Gasteiger partial charge in [0.25, 0.3) is 5.56 Å². The Balaban J connectivity index is 1.74. The number of rotatable bonds is 6. The van der Waals surface area contributed by atoms with E-state index in [0.717, 1.165) is 22.5 Å². The van der Waals surface area contributed by atoms with Gasteiger partial charge in [0.2, 0.25) is 5.95 Å². The molecule has 1 N–H and O–H groups in total. The van der Waals surface area contributed by atoms with Crippen molar-refractivity contribution >= 4 is 23.1 Å². The zero-order valence-corrected chi connectivity index (χ0v) is 15.9. The fraction of sp³-hybridized carbons (Fsp3) is 0.0870. The first kappa shape index (κ1) is 18.4. The van der Waals surface area contributed by atoms with Crippen molar-refractivity contribution in [2.75, 3.05) is 12.0 Å². The fourth-order valence-corrected chi connectivity index (χ4v) is 3.10. The van der Waals surface area contributed by atoms with E-state index in [4.69, 9.17) is 4.74 Å². The monoisotopic (exact) mass is 384 g/mol. The molecule has 4 rings (SSSR count). The molecule has 144 valence electrons. The minimum atomic E-state index is -0.302. The largest absolute Gasteiger partial charge is 0.494 e. The smallest absolute Gasteiger partial charge is 0.282 e. The number of hydrazone groups is 1. The standard InChI is InChI=1S/C23H20N4O2/c1-2-29-19-12-8-9-17(15-19)16-24-26-23-25-22(28)20-13-6-7-14-21(20)27(23)18-10-4-3-5-11-18/h3-16H,2H2,1H3,(H,25,26,28)/b24-16-. The number of para-hydroxylation sites is 2. The molecule has 0 unspecified atom stereocenters. The summed E-state index contributed by atoms with van der Waals surface area (Å²) in [7, 11) is 0. The SMILES string of the molecule is CCOc1cccc(/C=N\Nc2nc(=O)c3ccccc3n2-c2ccccc2)c1. The molecule has 1 heterocycles. The zero-order valence-electron chi connectivity index (χ0n) is 15.9. The van der Waals surface area contributed by atoms with Crippen LogP contribution in [0.5, 0.6) is 5.75 Å². The van der Waals surface area contributed by atoms with Crippen LogP contribution in [-0.2, 0) is 0 Å². The first-order valence-electron chi connectivity index (χ1n) is 9.35. The number of aromatic nitrogens is 2. The number of nitrogens with zero attached hydrogens (tertiary/aromatic N) is 3. The number of anilines is 1. The van der Waals surface area contributed by atoms with Crippen molar-refractivity contribution in [2.24, 2.45) is 5.10 Å². The molecule has 0 saturated heterocycles. The highest BCUT2D eigenvalue weighted by molar-refractivity contribution is 5.83. The third-order valence-electron chi connectivity index (χ3n) is 4.36. The quantitative estimate of drug-likeness (QED) is 0.399. The number of nitrogens with one attached hydrogen (secondary N) is 1. The lowest BCUT2D eigenvalue weighted by atomic mass is 10.2. The van der Waals surface area contributed by atoms with Gasteiger partial charge in [0, 0.05) is 5.69 Å². The van der Waals surface area contributed by atoms with Gasteiger partial charge < -0.3 is 4.74 Å². The van der Waals surface area contributed by atoms with E-state index in [1.165, 1.54) is 0 Å². The van der Waals surface area contributed by atoms with Gasteiger partial charge in [0.05, 0.1) is 23.7 Å². The van der Waals surface area contributed by atoms with Gasteiger partial charge in [-0.3, -0.25) is 9.36 Å². The molecule has 0 aliphatic carbocycles. The molecule has 0 bridgehead atoms. The maximum absolute atomic E-state index is 12.5. The van der Waals surface area contributed by atoms with E-state index in [2.05, 4.69) is 15.5 Å². The summed E-state index contributed by atoms with van der Waals surface area (Å²) < 4.78 is 7.39. The summed E-state index contributed by atoms with van der Waals surface area (Å²) in [5.74, 6) is 1.12. The van der Waals surface area contributed by atoms with E-state index in [1.54, 1.807) is 12.3 Å². The lowest BCUT2D eigenvalue weighted by Crippen LogP contribution is -2.16. The topological polar surface area (TPSA) is 68.5 Å². The third kappa shape index (κ3) is 4.01. The van der Waals surface area contributed by atoms with Gasteiger partial charge in [-0.25, -0.2) is 5.43 Å². The Morgan fingerprint density at radius 2 is 1.83 bits per heavy atom. The molecule has 3 aromatic carbocycles. The Hall–Kier alpha value is -3.93. The second-order valence-electron chi connectivity index (χ2n) is 6.30. The molecule has 0 fully saturated rings. The van der Waals surface area contributed by atoms with Crippen LogP contribution in [0, 0.1) is 0 Å². The molecule has 0 aliphatic rings. The fourth-order valence-electron chi connectivity index (χ4n) is 3.10. The van der Waals surface area contributed by atoms with Crippen LogP contribution in [-0.4, -0.2) is 22.4 Å². The molecular formula is C23H20N4O2. The van der Waals surface area contributed by atoms with Crippen LogP contribution in [0.4, 0.5) is 5.95 Å². The van der Waals surface area contributed by atoms with Crippen LogP contribution in [0.25, 0.3) is 16.6 Å². The highest BCUT2D eigenvalue weighted by Crippen LogP contribution is 2.20. The van der Waals surface area contributed by atoms with Crippen LogP contribution in [0.15, 0.2) is 88.8 Å². The van der Waals surface area contributed by atoms with Crippen molar-refractivity contribution in [3.63, 3.8) is 0 Å². The predicted molar refractivity (Wildman–Crippen MR) is 116 cm³/mol. The number of hydrogen-bond acceptors (Lipinski definition) is 5. The van der Waals surface area contributed by atoms with Crippen LogP contribution in [0.2, 0.25) is 0 Å². The van der Waals surface area contributed by atoms with Crippen molar-refractivity contribution < 1.29 is 4.74 Å². The summed E-state index contributed by atoms with van der Waals surface area (Å²) in [6, 6.07) is 24.7. The lowest BCUT2D eigenvalue weighted by Gasteiger charge is -2.15.